The van der Waals surface area contributed by atoms with E-state index in [0.29, 0.717) is 24.9 Å². The van der Waals surface area contributed by atoms with Crippen molar-refractivity contribution in [1.29, 1.82) is 0 Å². The molecule has 2 aliphatic rings. The van der Waals surface area contributed by atoms with Crippen molar-refractivity contribution in [2.45, 2.75) is 44.5 Å². The number of thioether (sulfide) groups is 1. The van der Waals surface area contributed by atoms with Crippen LogP contribution in [0.15, 0.2) is 71.0 Å². The van der Waals surface area contributed by atoms with E-state index in [4.69, 9.17) is 9.84 Å². The fourth-order valence-corrected chi connectivity index (χ4v) is 4.93. The number of nitrogens with one attached hydrogen (secondary N) is 1. The number of fused-ring (bicyclic) bond motifs is 1. The molecule has 1 aromatic heterocycles. The number of allylic oxidation sites excluding steroid dienone is 2. The first kappa shape index (κ1) is 20.8. The van der Waals surface area contributed by atoms with Gasteiger partial charge in [-0.25, -0.2) is 4.68 Å². The minimum Gasteiger partial charge on any atom is -0.489 e. The third kappa shape index (κ3) is 4.05. The van der Waals surface area contributed by atoms with Crippen LogP contribution in [-0.4, -0.2) is 26.3 Å². The summed E-state index contributed by atoms with van der Waals surface area (Å²) in [5.41, 5.74) is 3.93. The summed E-state index contributed by atoms with van der Waals surface area (Å²) in [4.78, 5) is 17.8. The van der Waals surface area contributed by atoms with Crippen molar-refractivity contribution in [3.8, 4) is 5.75 Å². The Morgan fingerprint density at radius 3 is 2.66 bits per heavy atom. The number of ether oxygens (including phenoxy) is 1. The lowest BCUT2D eigenvalue weighted by atomic mass is 9.81. The number of carbonyl (C=O) groups excluding carboxylic acids is 1. The Bertz CT molecular complexity index is 1150. The van der Waals surface area contributed by atoms with E-state index >= 15 is 0 Å². The summed E-state index contributed by atoms with van der Waals surface area (Å²) in [6, 6.07) is 17.8. The predicted octanol–water partition coefficient (Wildman–Crippen LogP) is 5.24. The topological polar surface area (TPSA) is 69.0 Å². The Kier molecular flexibility index (Phi) is 5.74. The maximum atomic E-state index is 13.1. The van der Waals surface area contributed by atoms with Gasteiger partial charge in [-0.05, 0) is 41.4 Å². The molecule has 2 heterocycles. The Balaban J connectivity index is 1.46. The van der Waals surface area contributed by atoms with Crippen molar-refractivity contribution in [2.75, 3.05) is 11.1 Å². The molecule has 164 valence electrons. The summed E-state index contributed by atoms with van der Waals surface area (Å²) >= 11 is 1.60. The van der Waals surface area contributed by atoms with Crippen LogP contribution < -0.4 is 10.1 Å². The fraction of sp³-hybridized carbons (Fsp3) is 0.320. The van der Waals surface area contributed by atoms with E-state index in [0.717, 1.165) is 45.5 Å². The minimum atomic E-state index is -0.275. The molecule has 0 bridgehead atoms. The van der Waals surface area contributed by atoms with Gasteiger partial charge in [0.15, 0.2) is 5.78 Å². The van der Waals surface area contributed by atoms with Crippen LogP contribution in [0.25, 0.3) is 0 Å². The number of benzene rings is 2. The van der Waals surface area contributed by atoms with Gasteiger partial charge in [-0.15, -0.1) is 5.10 Å². The second kappa shape index (κ2) is 8.82. The van der Waals surface area contributed by atoms with Crippen LogP contribution in [-0.2, 0) is 11.4 Å². The smallest absolute Gasteiger partial charge is 0.227 e. The number of nitrogens with zero attached hydrogens (tertiary/aromatic N) is 3. The van der Waals surface area contributed by atoms with Crippen molar-refractivity contribution in [1.82, 2.24) is 14.8 Å². The highest BCUT2D eigenvalue weighted by Crippen LogP contribution is 2.42. The van der Waals surface area contributed by atoms with E-state index in [-0.39, 0.29) is 11.8 Å². The highest BCUT2D eigenvalue weighted by molar-refractivity contribution is 7.99. The van der Waals surface area contributed by atoms with Crippen LogP contribution in [0.1, 0.15) is 43.9 Å². The summed E-state index contributed by atoms with van der Waals surface area (Å²) in [7, 11) is 0. The number of hydrogen-bond donors (Lipinski definition) is 1. The molecule has 1 N–H and O–H groups in total. The lowest BCUT2D eigenvalue weighted by Gasteiger charge is -2.34. The number of carbonyl (C=O) groups is 1. The number of Topliss-reactive ketones (excluding diaryl/α,β-unsaturated/α-hetero) is 1. The highest BCUT2D eigenvalue weighted by Gasteiger charge is 2.38. The molecule has 0 amide bonds. The Morgan fingerprint density at radius 2 is 1.91 bits per heavy atom. The summed E-state index contributed by atoms with van der Waals surface area (Å²) in [5.74, 6) is 2.90. The normalized spacial score (nSPS) is 19.9. The van der Waals surface area contributed by atoms with Gasteiger partial charge < -0.3 is 10.1 Å². The molecular weight excluding hydrogens is 420 g/mol. The highest BCUT2D eigenvalue weighted by atomic mass is 32.2. The van der Waals surface area contributed by atoms with E-state index in [9.17, 15) is 4.79 Å². The molecule has 1 aliphatic heterocycles. The molecule has 3 aromatic rings. The standard InChI is InChI=1S/C25H26N4O2S/c1-3-32-25-27-24-26-20-13-16(2)14-21(30)22(20)23(29(24)28-25)18-9-11-19(12-10-18)31-15-17-7-5-4-6-8-17/h4-12,16,23H,3,13-15H2,1-2H3,(H,26,27,28)/t16-,23+/m1/s1. The quantitative estimate of drug-likeness (QED) is 0.523. The van der Waals surface area contributed by atoms with Gasteiger partial charge in [0, 0.05) is 17.7 Å². The van der Waals surface area contributed by atoms with Crippen LogP contribution in [0.3, 0.4) is 0 Å². The zero-order valence-corrected chi connectivity index (χ0v) is 19.1. The van der Waals surface area contributed by atoms with Gasteiger partial charge in [-0.3, -0.25) is 4.79 Å². The summed E-state index contributed by atoms with van der Waals surface area (Å²) in [5, 5.41) is 8.85. The second-order valence-electron chi connectivity index (χ2n) is 8.30. The van der Waals surface area contributed by atoms with Gasteiger partial charge in [0.1, 0.15) is 18.4 Å². The van der Waals surface area contributed by atoms with Gasteiger partial charge in [0.05, 0.1) is 0 Å². The molecule has 0 saturated heterocycles. The van der Waals surface area contributed by atoms with Crippen molar-refractivity contribution < 1.29 is 9.53 Å². The molecule has 2 aromatic carbocycles. The molecular formula is C25H26N4O2S. The van der Waals surface area contributed by atoms with E-state index < -0.39 is 0 Å². The number of aromatic nitrogens is 3. The van der Waals surface area contributed by atoms with E-state index in [2.05, 4.69) is 24.1 Å². The zero-order chi connectivity index (χ0) is 22.1. The maximum absolute atomic E-state index is 13.1. The number of anilines is 1. The average Bonchev–Trinajstić information content (AvgIpc) is 3.19. The molecule has 0 fully saturated rings. The van der Waals surface area contributed by atoms with Gasteiger partial charge in [0.2, 0.25) is 11.1 Å². The van der Waals surface area contributed by atoms with Gasteiger partial charge in [-0.2, -0.15) is 4.98 Å². The van der Waals surface area contributed by atoms with Crippen molar-refractivity contribution in [3.63, 3.8) is 0 Å². The lowest BCUT2D eigenvalue weighted by Crippen LogP contribution is -2.33. The van der Waals surface area contributed by atoms with Crippen LogP contribution in [0.5, 0.6) is 5.75 Å². The number of hydrogen-bond acceptors (Lipinski definition) is 6. The SMILES string of the molecule is CCSc1nc2n(n1)[C@@H](c1ccc(OCc3ccccc3)cc1)C1=C(C[C@@H](C)CC1=O)N2. The van der Waals surface area contributed by atoms with Crippen molar-refractivity contribution in [2.24, 2.45) is 5.92 Å². The second-order valence-corrected chi connectivity index (χ2v) is 9.53. The van der Waals surface area contributed by atoms with Gasteiger partial charge >= 0.3 is 0 Å². The number of rotatable bonds is 6. The van der Waals surface area contributed by atoms with Crippen LogP contribution in [0, 0.1) is 5.92 Å². The van der Waals surface area contributed by atoms with Gasteiger partial charge in [-0.1, -0.05) is 68.1 Å². The molecule has 1 aliphatic carbocycles. The summed E-state index contributed by atoms with van der Waals surface area (Å²) in [6.07, 6.45) is 1.41. The first-order chi connectivity index (χ1) is 15.6. The first-order valence-electron chi connectivity index (χ1n) is 11.0. The van der Waals surface area contributed by atoms with E-state index in [1.54, 1.807) is 11.8 Å². The molecule has 0 unspecified atom stereocenters. The first-order valence-corrected chi connectivity index (χ1v) is 12.0. The van der Waals surface area contributed by atoms with Crippen molar-refractivity contribution >= 4 is 23.5 Å². The number of ketones is 1. The Hall–Kier alpha value is -3.06. The lowest BCUT2D eigenvalue weighted by molar-refractivity contribution is -0.117. The summed E-state index contributed by atoms with van der Waals surface area (Å²) < 4.78 is 7.82. The Morgan fingerprint density at radius 1 is 1.12 bits per heavy atom. The predicted molar refractivity (Wildman–Crippen MR) is 126 cm³/mol. The molecule has 2 atom stereocenters. The molecule has 5 rings (SSSR count). The molecule has 7 heteroatoms. The Labute approximate surface area is 192 Å². The molecule has 6 nitrogen and oxygen atoms in total. The molecule has 0 saturated carbocycles. The van der Waals surface area contributed by atoms with Crippen molar-refractivity contribution in [3.05, 3.63) is 77.0 Å². The maximum Gasteiger partial charge on any atom is 0.227 e. The van der Waals surface area contributed by atoms with Crippen LogP contribution in [0.4, 0.5) is 5.95 Å². The average molecular weight is 447 g/mol. The minimum absolute atomic E-state index is 0.187. The van der Waals surface area contributed by atoms with E-state index in [1.165, 1.54) is 0 Å². The monoisotopic (exact) mass is 446 g/mol. The fourth-order valence-electron chi connectivity index (χ4n) is 4.37. The third-order valence-corrected chi connectivity index (χ3v) is 6.54. The van der Waals surface area contributed by atoms with Crippen LogP contribution >= 0.6 is 11.8 Å². The molecule has 0 radical (unpaired) electrons. The largest absolute Gasteiger partial charge is 0.489 e. The van der Waals surface area contributed by atoms with E-state index in [1.807, 2.05) is 59.3 Å². The molecule has 0 spiro atoms. The third-order valence-electron chi connectivity index (χ3n) is 5.82. The van der Waals surface area contributed by atoms with Gasteiger partial charge in [0.25, 0.3) is 0 Å². The zero-order valence-electron chi connectivity index (χ0n) is 18.2. The summed E-state index contributed by atoms with van der Waals surface area (Å²) in [6.45, 7) is 4.72. The molecule has 32 heavy (non-hydrogen) atoms. The van der Waals surface area contributed by atoms with Crippen LogP contribution in [0.2, 0.25) is 0 Å².